The van der Waals surface area contributed by atoms with Crippen LogP contribution >= 0.6 is 12.2 Å². The van der Waals surface area contributed by atoms with Crippen molar-refractivity contribution in [1.29, 1.82) is 5.26 Å². The molecule has 1 aromatic carbocycles. The van der Waals surface area contributed by atoms with Gasteiger partial charge in [-0.25, -0.2) is 4.99 Å². The van der Waals surface area contributed by atoms with Gasteiger partial charge in [-0.15, -0.1) is 0 Å². The van der Waals surface area contributed by atoms with Gasteiger partial charge in [0.1, 0.15) is 0 Å². The minimum absolute atomic E-state index is 0.505. The first-order valence-corrected chi connectivity index (χ1v) is 4.22. The molecule has 3 heteroatoms. The Hall–Kier alpha value is -1.49. The van der Waals surface area contributed by atoms with Crippen LogP contribution in [0.5, 0.6) is 0 Å². The summed E-state index contributed by atoms with van der Waals surface area (Å²) in [4.78, 5) is 3.83. The Morgan fingerprint density at radius 1 is 1.54 bits per heavy atom. The summed E-state index contributed by atoms with van der Waals surface area (Å²) in [7, 11) is 0. The van der Waals surface area contributed by atoms with Crippen molar-refractivity contribution in [2.75, 3.05) is 0 Å². The molecule has 0 aliphatic heterocycles. The van der Waals surface area contributed by atoms with Crippen molar-refractivity contribution in [2.24, 2.45) is 4.99 Å². The maximum Gasteiger partial charge on any atom is 0.0991 e. The van der Waals surface area contributed by atoms with E-state index in [-0.39, 0.29) is 0 Å². The van der Waals surface area contributed by atoms with Gasteiger partial charge in [-0.2, -0.15) is 5.26 Å². The number of rotatable bonds is 2. The molecule has 64 valence electrons. The number of aliphatic imine (C=N–C) groups is 1. The van der Waals surface area contributed by atoms with E-state index in [4.69, 9.17) is 5.26 Å². The Balaban J connectivity index is 3.05. The third-order valence-corrected chi connectivity index (χ3v) is 1.92. The van der Waals surface area contributed by atoms with Crippen molar-refractivity contribution in [3.63, 3.8) is 0 Å². The molecule has 0 heterocycles. The van der Waals surface area contributed by atoms with Gasteiger partial charge in [0.25, 0.3) is 0 Å². The normalized spacial score (nSPS) is 8.62. The number of isothiocyanates is 1. The summed E-state index contributed by atoms with van der Waals surface area (Å²) in [6, 6.07) is 7.61. The first kappa shape index (κ1) is 9.60. The molecule has 0 spiro atoms. The fourth-order valence-corrected chi connectivity index (χ4v) is 1.09. The standard InChI is InChI=1S/C10H8N2S/c1-8-2-3-9(5-11)4-10(8)6-12-7-13/h2-4H,6H2,1H3. The lowest BCUT2D eigenvalue weighted by Gasteiger charge is -2.00. The van der Waals surface area contributed by atoms with E-state index in [1.165, 1.54) is 0 Å². The third-order valence-electron chi connectivity index (χ3n) is 1.79. The second-order valence-corrected chi connectivity index (χ2v) is 2.84. The van der Waals surface area contributed by atoms with E-state index in [0.29, 0.717) is 12.1 Å². The van der Waals surface area contributed by atoms with Crippen molar-refractivity contribution in [2.45, 2.75) is 13.5 Å². The second kappa shape index (κ2) is 4.51. The Morgan fingerprint density at radius 3 is 2.92 bits per heavy atom. The molecule has 0 radical (unpaired) electrons. The number of thiocarbonyl (C=S) groups is 1. The highest BCUT2D eigenvalue weighted by molar-refractivity contribution is 7.78. The number of hydrogen-bond acceptors (Lipinski definition) is 3. The zero-order valence-corrected chi connectivity index (χ0v) is 8.06. The molecule has 0 fully saturated rings. The molecule has 0 unspecified atom stereocenters. The molecular formula is C10H8N2S. The van der Waals surface area contributed by atoms with Crippen LogP contribution in [-0.2, 0) is 6.54 Å². The Morgan fingerprint density at radius 2 is 2.31 bits per heavy atom. The topological polar surface area (TPSA) is 36.1 Å². The summed E-state index contributed by atoms with van der Waals surface area (Å²) in [5.41, 5.74) is 2.80. The van der Waals surface area contributed by atoms with Crippen molar-refractivity contribution >= 4 is 17.4 Å². The zero-order chi connectivity index (χ0) is 9.68. The molecule has 0 saturated heterocycles. The Kier molecular flexibility index (Phi) is 3.33. The van der Waals surface area contributed by atoms with Gasteiger partial charge in [0.2, 0.25) is 0 Å². The fraction of sp³-hybridized carbons (Fsp3) is 0.200. The highest BCUT2D eigenvalue weighted by Gasteiger charge is 1.98. The average molecular weight is 188 g/mol. The SMILES string of the molecule is Cc1ccc(C#N)cc1CN=C=S. The van der Waals surface area contributed by atoms with E-state index >= 15 is 0 Å². The van der Waals surface area contributed by atoms with Crippen LogP contribution in [0.3, 0.4) is 0 Å². The number of nitriles is 1. The summed E-state index contributed by atoms with van der Waals surface area (Å²) in [5.74, 6) is 0. The van der Waals surface area contributed by atoms with Gasteiger partial charge >= 0.3 is 0 Å². The lowest BCUT2D eigenvalue weighted by molar-refractivity contribution is 1.06. The van der Waals surface area contributed by atoms with Crippen molar-refractivity contribution in [3.8, 4) is 6.07 Å². The van der Waals surface area contributed by atoms with Crippen molar-refractivity contribution in [3.05, 3.63) is 34.9 Å². The first-order chi connectivity index (χ1) is 6.27. The fourth-order valence-electron chi connectivity index (χ4n) is 1.03. The van der Waals surface area contributed by atoms with Crippen LogP contribution in [-0.4, -0.2) is 5.16 Å². The first-order valence-electron chi connectivity index (χ1n) is 3.81. The van der Waals surface area contributed by atoms with E-state index in [0.717, 1.165) is 11.1 Å². The smallest absolute Gasteiger partial charge is 0.0991 e. The lowest BCUT2D eigenvalue weighted by atomic mass is 10.1. The van der Waals surface area contributed by atoms with E-state index in [1.807, 2.05) is 19.1 Å². The molecule has 0 aromatic heterocycles. The van der Waals surface area contributed by atoms with Gasteiger partial charge in [-0.3, -0.25) is 0 Å². The van der Waals surface area contributed by atoms with E-state index < -0.39 is 0 Å². The minimum Gasteiger partial charge on any atom is -0.228 e. The molecule has 0 N–H and O–H groups in total. The Bertz CT molecular complexity index is 398. The molecule has 0 bridgehead atoms. The molecule has 1 rings (SSSR count). The monoisotopic (exact) mass is 188 g/mol. The van der Waals surface area contributed by atoms with Crippen LogP contribution in [0.1, 0.15) is 16.7 Å². The van der Waals surface area contributed by atoms with Crippen LogP contribution in [0.4, 0.5) is 0 Å². The molecule has 2 nitrogen and oxygen atoms in total. The van der Waals surface area contributed by atoms with Crippen LogP contribution < -0.4 is 0 Å². The number of hydrogen-bond donors (Lipinski definition) is 0. The molecule has 0 aliphatic carbocycles. The number of aryl methyl sites for hydroxylation is 1. The van der Waals surface area contributed by atoms with E-state index in [9.17, 15) is 0 Å². The predicted octanol–water partition coefficient (Wildman–Crippen LogP) is 2.47. The number of benzene rings is 1. The van der Waals surface area contributed by atoms with Gasteiger partial charge in [-0.1, -0.05) is 6.07 Å². The second-order valence-electron chi connectivity index (χ2n) is 2.66. The number of nitrogens with zero attached hydrogens (tertiary/aromatic N) is 2. The van der Waals surface area contributed by atoms with Crippen molar-refractivity contribution < 1.29 is 0 Å². The van der Waals surface area contributed by atoms with E-state index in [2.05, 4.69) is 28.4 Å². The average Bonchev–Trinajstić information content (AvgIpc) is 2.17. The van der Waals surface area contributed by atoms with Gasteiger partial charge in [0, 0.05) is 0 Å². The summed E-state index contributed by atoms with van der Waals surface area (Å²) in [6.45, 7) is 2.49. The summed E-state index contributed by atoms with van der Waals surface area (Å²) >= 11 is 4.47. The zero-order valence-electron chi connectivity index (χ0n) is 7.24. The summed E-state index contributed by atoms with van der Waals surface area (Å²) in [6.07, 6.45) is 0. The largest absolute Gasteiger partial charge is 0.228 e. The van der Waals surface area contributed by atoms with Crippen molar-refractivity contribution in [1.82, 2.24) is 0 Å². The van der Waals surface area contributed by atoms with Crippen LogP contribution in [0, 0.1) is 18.3 Å². The molecular weight excluding hydrogens is 180 g/mol. The quantitative estimate of drug-likeness (QED) is 0.528. The van der Waals surface area contributed by atoms with Gasteiger partial charge < -0.3 is 0 Å². The molecule has 1 aromatic rings. The summed E-state index contributed by atoms with van der Waals surface area (Å²) in [5, 5.41) is 11.0. The summed E-state index contributed by atoms with van der Waals surface area (Å²) < 4.78 is 0. The lowest BCUT2D eigenvalue weighted by Crippen LogP contribution is -1.88. The molecule has 0 atom stereocenters. The van der Waals surface area contributed by atoms with Gasteiger partial charge in [0.15, 0.2) is 0 Å². The van der Waals surface area contributed by atoms with Crippen LogP contribution in [0.2, 0.25) is 0 Å². The van der Waals surface area contributed by atoms with E-state index in [1.54, 1.807) is 6.07 Å². The Labute approximate surface area is 82.5 Å². The molecule has 0 amide bonds. The maximum atomic E-state index is 8.66. The van der Waals surface area contributed by atoms with Crippen LogP contribution in [0.15, 0.2) is 23.2 Å². The minimum atomic E-state index is 0.505. The molecule has 0 saturated carbocycles. The highest BCUT2D eigenvalue weighted by Crippen LogP contribution is 2.11. The van der Waals surface area contributed by atoms with Crippen LogP contribution in [0.25, 0.3) is 0 Å². The molecule has 13 heavy (non-hydrogen) atoms. The third kappa shape index (κ3) is 2.48. The highest BCUT2D eigenvalue weighted by atomic mass is 32.1. The van der Waals surface area contributed by atoms with Gasteiger partial charge in [-0.05, 0) is 42.4 Å². The predicted molar refractivity (Wildman–Crippen MR) is 54.6 cm³/mol. The molecule has 0 aliphatic rings. The van der Waals surface area contributed by atoms with Gasteiger partial charge in [0.05, 0.1) is 23.3 Å². The maximum absolute atomic E-state index is 8.66.